The maximum Gasteiger partial charge on any atom is 0.160 e. The molecule has 3 heterocycles. The number of nitrogens with zero attached hydrogens (tertiary/aromatic N) is 3. The molecule has 0 unspecified atom stereocenters. The fourth-order valence-corrected chi connectivity index (χ4v) is 4.59. The molecular formula is C20H23N3OS. The molecule has 3 atom stereocenters. The molecule has 0 spiro atoms. The summed E-state index contributed by atoms with van der Waals surface area (Å²) in [6.07, 6.45) is 2.04. The van der Waals surface area contributed by atoms with Gasteiger partial charge < -0.3 is 9.64 Å². The van der Waals surface area contributed by atoms with Crippen molar-refractivity contribution < 1.29 is 4.74 Å². The van der Waals surface area contributed by atoms with E-state index < -0.39 is 0 Å². The highest BCUT2D eigenvalue weighted by molar-refractivity contribution is 8.14. The van der Waals surface area contributed by atoms with E-state index in [0.29, 0.717) is 5.25 Å². The lowest BCUT2D eigenvalue weighted by Crippen LogP contribution is -2.28. The molecule has 4 rings (SSSR count). The standard InChI is InChI=1S/C20H23N3OS/c1-13(2)24-16-9-7-15(8-10-16)19-18(17-6-4-5-11-21-17)22-20-23(19)12-14(3)25-20/h4-11,13-14,18-19H,12H2,1-3H3/t14-,18-,19+/m0/s1. The normalized spacial score (nSPS) is 25.2. The number of ether oxygens (including phenoxy) is 1. The first-order valence-corrected chi connectivity index (χ1v) is 9.68. The monoisotopic (exact) mass is 353 g/mol. The molecule has 1 fully saturated rings. The third-order valence-electron chi connectivity index (χ3n) is 4.47. The van der Waals surface area contributed by atoms with Gasteiger partial charge in [-0.2, -0.15) is 0 Å². The number of rotatable bonds is 4. The number of aliphatic imine (C=N–C) groups is 1. The van der Waals surface area contributed by atoms with Gasteiger partial charge in [-0.3, -0.25) is 9.98 Å². The van der Waals surface area contributed by atoms with Gasteiger partial charge in [0.1, 0.15) is 11.8 Å². The molecule has 130 valence electrons. The Morgan fingerprint density at radius 1 is 1.16 bits per heavy atom. The van der Waals surface area contributed by atoms with Crippen LogP contribution in [0.2, 0.25) is 0 Å². The summed E-state index contributed by atoms with van der Waals surface area (Å²) in [6.45, 7) is 7.38. The highest BCUT2D eigenvalue weighted by atomic mass is 32.2. The van der Waals surface area contributed by atoms with Crippen LogP contribution in [0.1, 0.15) is 44.1 Å². The minimum Gasteiger partial charge on any atom is -0.491 e. The molecule has 2 aliphatic heterocycles. The number of amidine groups is 1. The van der Waals surface area contributed by atoms with Crippen molar-refractivity contribution in [3.05, 3.63) is 59.9 Å². The van der Waals surface area contributed by atoms with Crippen LogP contribution in [0, 0.1) is 0 Å². The zero-order valence-electron chi connectivity index (χ0n) is 14.8. The molecule has 0 aliphatic carbocycles. The maximum atomic E-state index is 5.79. The van der Waals surface area contributed by atoms with Gasteiger partial charge in [-0.1, -0.05) is 36.9 Å². The fraction of sp³-hybridized carbons (Fsp3) is 0.400. The van der Waals surface area contributed by atoms with E-state index in [9.17, 15) is 0 Å². The zero-order valence-corrected chi connectivity index (χ0v) is 15.6. The van der Waals surface area contributed by atoms with Gasteiger partial charge in [-0.25, -0.2) is 0 Å². The second-order valence-corrected chi connectivity index (χ2v) is 8.28. The van der Waals surface area contributed by atoms with Crippen LogP contribution >= 0.6 is 11.8 Å². The molecule has 2 aliphatic rings. The lowest BCUT2D eigenvalue weighted by molar-refractivity contribution is 0.242. The van der Waals surface area contributed by atoms with Crippen LogP contribution in [0.25, 0.3) is 0 Å². The van der Waals surface area contributed by atoms with Crippen LogP contribution in [0.4, 0.5) is 0 Å². The second-order valence-electron chi connectivity index (χ2n) is 6.87. The Balaban J connectivity index is 1.67. The predicted octanol–water partition coefficient (Wildman–Crippen LogP) is 4.46. The Morgan fingerprint density at radius 3 is 2.64 bits per heavy atom. The smallest absolute Gasteiger partial charge is 0.160 e. The number of hydrogen-bond acceptors (Lipinski definition) is 5. The number of pyridine rings is 1. The molecule has 0 amide bonds. The number of hydrogen-bond donors (Lipinski definition) is 0. The Kier molecular flexibility index (Phi) is 4.42. The van der Waals surface area contributed by atoms with Crippen LogP contribution in [0.3, 0.4) is 0 Å². The van der Waals surface area contributed by atoms with E-state index in [1.807, 2.05) is 43.9 Å². The van der Waals surface area contributed by atoms with Crippen LogP contribution in [-0.2, 0) is 0 Å². The fourth-order valence-electron chi connectivity index (χ4n) is 3.49. The molecule has 0 bridgehead atoms. The summed E-state index contributed by atoms with van der Waals surface area (Å²) in [5.41, 5.74) is 2.30. The van der Waals surface area contributed by atoms with Gasteiger partial charge >= 0.3 is 0 Å². The first-order valence-electron chi connectivity index (χ1n) is 8.80. The first-order chi connectivity index (χ1) is 12.1. The van der Waals surface area contributed by atoms with Crippen molar-refractivity contribution in [2.45, 2.75) is 44.2 Å². The van der Waals surface area contributed by atoms with Gasteiger partial charge in [0.25, 0.3) is 0 Å². The van der Waals surface area contributed by atoms with Crippen molar-refractivity contribution in [1.82, 2.24) is 9.88 Å². The summed E-state index contributed by atoms with van der Waals surface area (Å²) in [4.78, 5) is 12.0. The molecule has 0 saturated carbocycles. The molecule has 2 aromatic rings. The summed E-state index contributed by atoms with van der Waals surface area (Å²) in [5.74, 6) is 0.913. The molecule has 4 nitrogen and oxygen atoms in total. The summed E-state index contributed by atoms with van der Waals surface area (Å²) in [7, 11) is 0. The molecule has 1 saturated heterocycles. The average molecular weight is 353 g/mol. The lowest BCUT2D eigenvalue weighted by Gasteiger charge is -2.27. The lowest BCUT2D eigenvalue weighted by atomic mass is 9.96. The quantitative estimate of drug-likeness (QED) is 0.813. The second kappa shape index (κ2) is 6.71. The van der Waals surface area contributed by atoms with Crippen molar-refractivity contribution in [1.29, 1.82) is 0 Å². The zero-order chi connectivity index (χ0) is 17.4. The van der Waals surface area contributed by atoms with Crippen LogP contribution in [0.15, 0.2) is 53.7 Å². The molecule has 0 radical (unpaired) electrons. The Hall–Kier alpha value is -2.01. The summed E-state index contributed by atoms with van der Waals surface area (Å²) < 4.78 is 5.79. The van der Waals surface area contributed by atoms with Crippen LogP contribution in [-0.4, -0.2) is 33.0 Å². The van der Waals surface area contributed by atoms with Gasteiger partial charge in [-0.15, -0.1) is 0 Å². The number of thioether (sulfide) groups is 1. The van der Waals surface area contributed by atoms with Crippen molar-refractivity contribution in [3.8, 4) is 5.75 Å². The van der Waals surface area contributed by atoms with Gasteiger partial charge in [-0.05, 0) is 43.7 Å². The minimum atomic E-state index is 0.0491. The molecular weight excluding hydrogens is 330 g/mol. The number of benzene rings is 1. The highest BCUT2D eigenvalue weighted by Gasteiger charge is 2.43. The van der Waals surface area contributed by atoms with E-state index in [0.717, 1.165) is 23.2 Å². The average Bonchev–Trinajstić information content (AvgIpc) is 3.12. The molecule has 5 heteroatoms. The van der Waals surface area contributed by atoms with Gasteiger partial charge in [0.2, 0.25) is 0 Å². The van der Waals surface area contributed by atoms with Crippen molar-refractivity contribution in [3.63, 3.8) is 0 Å². The Bertz CT molecular complexity index is 760. The predicted molar refractivity (Wildman–Crippen MR) is 103 cm³/mol. The van der Waals surface area contributed by atoms with Gasteiger partial charge in [0, 0.05) is 18.0 Å². The van der Waals surface area contributed by atoms with Gasteiger partial charge in [0.15, 0.2) is 5.17 Å². The van der Waals surface area contributed by atoms with Crippen molar-refractivity contribution in [2.75, 3.05) is 6.54 Å². The summed E-state index contributed by atoms with van der Waals surface area (Å²) in [5, 5.41) is 1.73. The van der Waals surface area contributed by atoms with Crippen molar-refractivity contribution in [2.24, 2.45) is 4.99 Å². The van der Waals surface area contributed by atoms with E-state index >= 15 is 0 Å². The first kappa shape index (κ1) is 16.5. The highest BCUT2D eigenvalue weighted by Crippen LogP contribution is 2.47. The topological polar surface area (TPSA) is 37.7 Å². The van der Waals surface area contributed by atoms with E-state index in [4.69, 9.17) is 9.73 Å². The van der Waals surface area contributed by atoms with E-state index in [1.165, 1.54) is 5.56 Å². The molecule has 1 aromatic carbocycles. The summed E-state index contributed by atoms with van der Waals surface area (Å²) in [6, 6.07) is 14.8. The third-order valence-corrected chi connectivity index (χ3v) is 5.58. The minimum absolute atomic E-state index is 0.0491. The van der Waals surface area contributed by atoms with E-state index in [-0.39, 0.29) is 18.2 Å². The third kappa shape index (κ3) is 3.25. The molecule has 0 N–H and O–H groups in total. The summed E-state index contributed by atoms with van der Waals surface area (Å²) >= 11 is 1.87. The SMILES string of the molecule is CC(C)Oc1ccc([C@@H]2[C@H](c3ccccn3)N=C3S[C@@H](C)CN32)cc1. The van der Waals surface area contributed by atoms with Crippen LogP contribution in [0.5, 0.6) is 5.75 Å². The van der Waals surface area contributed by atoms with E-state index in [2.05, 4.69) is 47.1 Å². The van der Waals surface area contributed by atoms with Crippen molar-refractivity contribution >= 4 is 16.9 Å². The molecule has 1 aromatic heterocycles. The Morgan fingerprint density at radius 2 is 1.96 bits per heavy atom. The largest absolute Gasteiger partial charge is 0.491 e. The number of fused-ring (bicyclic) bond motifs is 1. The van der Waals surface area contributed by atoms with E-state index in [1.54, 1.807) is 0 Å². The Labute approximate surface area is 153 Å². The van der Waals surface area contributed by atoms with Gasteiger partial charge in [0.05, 0.1) is 17.8 Å². The maximum absolute atomic E-state index is 5.79. The van der Waals surface area contributed by atoms with Crippen LogP contribution < -0.4 is 4.74 Å². The number of aromatic nitrogens is 1. The molecule has 25 heavy (non-hydrogen) atoms.